The Morgan fingerprint density at radius 1 is 1.00 bits per heavy atom. The molecule has 3 aromatic rings. The van der Waals surface area contributed by atoms with Crippen molar-refractivity contribution >= 4 is 23.6 Å². The molecule has 0 aliphatic carbocycles. The smallest absolute Gasteiger partial charge is 0.246 e. The lowest BCUT2D eigenvalue weighted by Gasteiger charge is -2.27. The number of hydrogen-bond donors (Lipinski definition) is 4. The quantitative estimate of drug-likeness (QED) is 0.283. The number of rotatable bonds is 8. The number of fused-ring (bicyclic) bond motifs is 14. The van der Waals surface area contributed by atoms with E-state index in [1.54, 1.807) is 19.1 Å². The molecule has 13 nitrogen and oxygen atoms in total. The second-order valence-corrected chi connectivity index (χ2v) is 13.3. The minimum absolute atomic E-state index is 0.106. The maximum absolute atomic E-state index is 14.1. The Morgan fingerprint density at radius 3 is 2.37 bits per heavy atom. The van der Waals surface area contributed by atoms with Gasteiger partial charge < -0.3 is 30.7 Å². The number of aromatic nitrogens is 3. The van der Waals surface area contributed by atoms with Crippen molar-refractivity contribution in [2.24, 2.45) is 11.8 Å². The minimum atomic E-state index is -1.00. The topological polar surface area (TPSA) is 166 Å². The standard InChI is InChI=1S/C36H49N7O6/c1-22(2)16-27-20-49-28-14-12-26(13-15-28)18-29(39-32(45)21-48-6)35(46)40-30(17-25-10-8-7-9-11-25)36(47)41-33(23(3)4)34-37-24(5)42-43(34)19-31(44)38-27/h7-15,22-23,27,29-30,33H,16-21H2,1-6H3,(H,38,44)(H,39,45)(H,40,46)(H,41,47)/t27-,29+,30-,33-/m0/s1. The fraction of sp³-hybridized carbons (Fsp3) is 0.500. The normalized spacial score (nSPS) is 20.9. The van der Waals surface area contributed by atoms with Crippen molar-refractivity contribution < 1.29 is 28.7 Å². The van der Waals surface area contributed by atoms with E-state index < -0.39 is 35.8 Å². The molecule has 1 aromatic heterocycles. The first-order valence-electron chi connectivity index (χ1n) is 16.8. The van der Waals surface area contributed by atoms with Gasteiger partial charge in [-0.2, -0.15) is 5.10 Å². The van der Waals surface area contributed by atoms with Crippen molar-refractivity contribution in [2.75, 3.05) is 20.3 Å². The predicted molar refractivity (Wildman–Crippen MR) is 183 cm³/mol. The molecule has 2 bridgehead atoms. The molecule has 3 heterocycles. The average molecular weight is 676 g/mol. The fourth-order valence-electron chi connectivity index (χ4n) is 5.81. The Balaban J connectivity index is 1.74. The first-order chi connectivity index (χ1) is 23.4. The molecule has 2 aromatic carbocycles. The van der Waals surface area contributed by atoms with E-state index in [1.165, 1.54) is 11.8 Å². The van der Waals surface area contributed by atoms with Crippen LogP contribution >= 0.6 is 0 Å². The lowest BCUT2D eigenvalue weighted by atomic mass is 10.00. The van der Waals surface area contributed by atoms with Crippen LogP contribution < -0.4 is 26.0 Å². The zero-order valence-electron chi connectivity index (χ0n) is 29.2. The number of methoxy groups -OCH3 is 1. The van der Waals surface area contributed by atoms with E-state index in [2.05, 4.69) is 45.2 Å². The van der Waals surface area contributed by atoms with Crippen LogP contribution in [0.2, 0.25) is 0 Å². The molecule has 4 atom stereocenters. The summed E-state index contributed by atoms with van der Waals surface area (Å²) >= 11 is 0. The van der Waals surface area contributed by atoms with Crippen molar-refractivity contribution in [3.8, 4) is 5.75 Å². The van der Waals surface area contributed by atoms with Crippen LogP contribution in [0.15, 0.2) is 54.6 Å². The van der Waals surface area contributed by atoms with Crippen LogP contribution in [0.1, 0.15) is 62.9 Å². The summed E-state index contributed by atoms with van der Waals surface area (Å²) in [6.07, 6.45) is 1.04. The van der Waals surface area contributed by atoms with Crippen LogP contribution in [0.3, 0.4) is 0 Å². The van der Waals surface area contributed by atoms with Crippen molar-refractivity contribution in [2.45, 2.75) is 84.6 Å². The van der Waals surface area contributed by atoms with Crippen LogP contribution in [-0.4, -0.2) is 76.8 Å². The molecule has 0 unspecified atom stereocenters. The molecule has 4 N–H and O–H groups in total. The monoisotopic (exact) mass is 675 g/mol. The molecule has 4 amide bonds. The van der Waals surface area contributed by atoms with Crippen molar-refractivity contribution in [1.29, 1.82) is 0 Å². The first kappa shape index (κ1) is 37.0. The SMILES string of the molecule is COCC(=O)N[C@@H]1Cc2ccc(cc2)OC[C@H](CC(C)C)NC(=O)Cn2nc(C)nc2[C@H](C(C)C)NC(=O)[C@H](Cc2ccccc2)NC1=O. The van der Waals surface area contributed by atoms with E-state index in [0.717, 1.165) is 11.1 Å². The molecule has 0 spiro atoms. The Kier molecular flexibility index (Phi) is 13.3. The molecule has 2 aliphatic heterocycles. The predicted octanol–water partition coefficient (Wildman–Crippen LogP) is 2.42. The van der Waals surface area contributed by atoms with Crippen molar-refractivity contribution in [1.82, 2.24) is 36.0 Å². The highest BCUT2D eigenvalue weighted by Gasteiger charge is 2.32. The van der Waals surface area contributed by atoms with Gasteiger partial charge in [-0.25, -0.2) is 9.67 Å². The number of amides is 4. The second kappa shape index (κ2) is 17.6. The second-order valence-electron chi connectivity index (χ2n) is 13.3. The maximum atomic E-state index is 14.1. The molecule has 0 saturated heterocycles. The lowest BCUT2D eigenvalue weighted by molar-refractivity contribution is -0.133. The molecule has 13 heteroatoms. The van der Waals surface area contributed by atoms with E-state index >= 15 is 0 Å². The highest BCUT2D eigenvalue weighted by molar-refractivity contribution is 5.92. The number of carbonyl (C=O) groups is 4. The Labute approximate surface area is 287 Å². The van der Waals surface area contributed by atoms with Crippen LogP contribution in [0.4, 0.5) is 0 Å². The van der Waals surface area contributed by atoms with Gasteiger partial charge in [0, 0.05) is 20.0 Å². The first-order valence-corrected chi connectivity index (χ1v) is 16.8. The molecule has 49 heavy (non-hydrogen) atoms. The summed E-state index contributed by atoms with van der Waals surface area (Å²) in [7, 11) is 1.40. The molecular weight excluding hydrogens is 626 g/mol. The molecule has 0 radical (unpaired) electrons. The third kappa shape index (κ3) is 11.1. The van der Waals surface area contributed by atoms with Gasteiger partial charge in [-0.3, -0.25) is 19.2 Å². The zero-order chi connectivity index (χ0) is 35.5. The molecule has 2 aliphatic rings. The summed E-state index contributed by atoms with van der Waals surface area (Å²) < 4.78 is 12.6. The van der Waals surface area contributed by atoms with Gasteiger partial charge in [-0.15, -0.1) is 0 Å². The van der Waals surface area contributed by atoms with Crippen LogP contribution in [0.5, 0.6) is 5.75 Å². The summed E-state index contributed by atoms with van der Waals surface area (Å²) in [5.74, 6) is -0.0575. The molecular formula is C36H49N7O6. The van der Waals surface area contributed by atoms with Crippen LogP contribution in [-0.2, 0) is 43.3 Å². The van der Waals surface area contributed by atoms with Gasteiger partial charge in [-0.1, -0.05) is 70.2 Å². The van der Waals surface area contributed by atoms with Gasteiger partial charge in [0.15, 0.2) is 5.82 Å². The number of aryl methyl sites for hydroxylation is 1. The lowest BCUT2D eigenvalue weighted by Crippen LogP contribution is -2.56. The Morgan fingerprint density at radius 2 is 1.71 bits per heavy atom. The van der Waals surface area contributed by atoms with Gasteiger partial charge in [0.05, 0.1) is 12.1 Å². The average Bonchev–Trinajstić information content (AvgIpc) is 3.40. The zero-order valence-corrected chi connectivity index (χ0v) is 29.2. The van der Waals surface area contributed by atoms with Crippen LogP contribution in [0.25, 0.3) is 0 Å². The third-order valence-electron chi connectivity index (χ3n) is 8.12. The van der Waals surface area contributed by atoms with E-state index in [4.69, 9.17) is 9.47 Å². The van der Waals surface area contributed by atoms with Gasteiger partial charge in [0.2, 0.25) is 23.6 Å². The summed E-state index contributed by atoms with van der Waals surface area (Å²) in [6.45, 7) is 9.68. The summed E-state index contributed by atoms with van der Waals surface area (Å²) in [4.78, 5) is 58.7. The number of hydrogen-bond acceptors (Lipinski definition) is 8. The Bertz CT molecular complexity index is 1560. The van der Waals surface area contributed by atoms with E-state index in [0.29, 0.717) is 29.7 Å². The Hall–Kier alpha value is -4.78. The van der Waals surface area contributed by atoms with Gasteiger partial charge in [-0.05, 0) is 48.4 Å². The minimum Gasteiger partial charge on any atom is -0.491 e. The van der Waals surface area contributed by atoms with Gasteiger partial charge in [0.1, 0.15) is 43.4 Å². The largest absolute Gasteiger partial charge is 0.491 e. The van der Waals surface area contributed by atoms with Gasteiger partial charge in [0.25, 0.3) is 0 Å². The molecule has 0 fully saturated rings. The van der Waals surface area contributed by atoms with E-state index in [9.17, 15) is 19.2 Å². The highest BCUT2D eigenvalue weighted by atomic mass is 16.5. The summed E-state index contributed by atoms with van der Waals surface area (Å²) in [5.41, 5.74) is 1.60. The number of carbonyl (C=O) groups excluding carboxylic acids is 4. The summed E-state index contributed by atoms with van der Waals surface area (Å²) in [5, 5.41) is 16.3. The fourth-order valence-corrected chi connectivity index (χ4v) is 5.81. The number of ether oxygens (including phenoxy) is 2. The number of nitrogens with one attached hydrogen (secondary N) is 4. The van der Waals surface area contributed by atoms with E-state index in [1.807, 2.05) is 56.3 Å². The summed E-state index contributed by atoms with van der Waals surface area (Å²) in [6, 6.07) is 13.7. The van der Waals surface area contributed by atoms with Gasteiger partial charge >= 0.3 is 0 Å². The van der Waals surface area contributed by atoms with Crippen LogP contribution in [0, 0.1) is 18.8 Å². The van der Waals surface area contributed by atoms with Crippen molar-refractivity contribution in [3.63, 3.8) is 0 Å². The van der Waals surface area contributed by atoms with Crippen molar-refractivity contribution in [3.05, 3.63) is 77.4 Å². The molecule has 264 valence electrons. The van der Waals surface area contributed by atoms with E-state index in [-0.39, 0.29) is 50.5 Å². The number of benzene rings is 2. The maximum Gasteiger partial charge on any atom is 0.246 e. The molecule has 0 saturated carbocycles. The number of nitrogens with zero attached hydrogens (tertiary/aromatic N) is 3. The third-order valence-corrected chi connectivity index (χ3v) is 8.12. The molecule has 5 rings (SSSR count). The highest BCUT2D eigenvalue weighted by Crippen LogP contribution is 2.22.